The lowest BCUT2D eigenvalue weighted by molar-refractivity contribution is -0.116. The molecule has 104 valence electrons. The van der Waals surface area contributed by atoms with Gasteiger partial charge in [-0.25, -0.2) is 0 Å². The molecule has 0 fully saturated rings. The van der Waals surface area contributed by atoms with E-state index in [1.165, 1.54) is 0 Å². The normalized spacial score (nSPS) is 14.1. The van der Waals surface area contributed by atoms with E-state index in [2.05, 4.69) is 5.32 Å². The summed E-state index contributed by atoms with van der Waals surface area (Å²) in [6.07, 6.45) is 1.30. The molecule has 1 heterocycles. The summed E-state index contributed by atoms with van der Waals surface area (Å²) in [5.74, 6) is 1.51. The first-order chi connectivity index (χ1) is 9.06. The number of hydrogen-bond donors (Lipinski definition) is 1. The molecule has 1 aliphatic heterocycles. The molecular formula is C14H18ClNO3. The molecule has 0 atom stereocenters. The third-order valence-corrected chi connectivity index (χ3v) is 3.02. The van der Waals surface area contributed by atoms with E-state index in [0.717, 1.165) is 6.42 Å². The maximum atomic E-state index is 11.8. The summed E-state index contributed by atoms with van der Waals surface area (Å²) < 4.78 is 11.1. The van der Waals surface area contributed by atoms with Crippen LogP contribution in [0.3, 0.4) is 0 Å². The number of hydrogen-bond acceptors (Lipinski definition) is 3. The molecule has 2 rings (SSSR count). The summed E-state index contributed by atoms with van der Waals surface area (Å²) in [6, 6.07) is 3.41. The molecule has 19 heavy (non-hydrogen) atoms. The average Bonchev–Trinajstić information content (AvgIpc) is 2.53. The van der Waals surface area contributed by atoms with E-state index < -0.39 is 0 Å². The molecule has 0 unspecified atom stereocenters. The van der Waals surface area contributed by atoms with Gasteiger partial charge in [0.25, 0.3) is 0 Å². The summed E-state index contributed by atoms with van der Waals surface area (Å²) >= 11 is 6.14. The fourth-order valence-electron chi connectivity index (χ4n) is 1.85. The van der Waals surface area contributed by atoms with Gasteiger partial charge in [0, 0.05) is 25.0 Å². The van der Waals surface area contributed by atoms with Crippen molar-refractivity contribution in [3.05, 3.63) is 17.2 Å². The van der Waals surface area contributed by atoms with Crippen LogP contribution in [-0.4, -0.2) is 19.1 Å². The molecule has 0 bridgehead atoms. The number of amides is 1. The zero-order valence-electron chi connectivity index (χ0n) is 11.2. The predicted octanol–water partition coefficient (Wildman–Crippen LogP) is 3.49. The summed E-state index contributed by atoms with van der Waals surface area (Å²) in [4.78, 5) is 11.8. The lowest BCUT2D eigenvalue weighted by atomic mass is 10.1. The molecule has 0 radical (unpaired) electrons. The number of carbonyl (C=O) groups excluding carboxylic acids is 1. The van der Waals surface area contributed by atoms with Crippen molar-refractivity contribution in [2.45, 2.75) is 26.7 Å². The third kappa shape index (κ3) is 3.77. The number of fused-ring (bicyclic) bond motifs is 1. The second-order valence-electron chi connectivity index (χ2n) is 4.98. The van der Waals surface area contributed by atoms with Gasteiger partial charge in [0.2, 0.25) is 5.91 Å². The average molecular weight is 284 g/mol. The Morgan fingerprint density at radius 1 is 1.32 bits per heavy atom. The third-order valence-electron chi connectivity index (χ3n) is 2.70. The minimum atomic E-state index is -0.0496. The fourth-order valence-corrected chi connectivity index (χ4v) is 2.05. The van der Waals surface area contributed by atoms with Crippen molar-refractivity contribution in [1.82, 2.24) is 0 Å². The molecule has 0 saturated heterocycles. The number of halogens is 1. The Hall–Kier alpha value is -1.42. The van der Waals surface area contributed by atoms with Gasteiger partial charge >= 0.3 is 0 Å². The standard InChI is InChI=1S/C14H18ClNO3/c1-9(2)6-14(17)16-11-8-13-12(7-10(11)15)18-4-3-5-19-13/h7-9H,3-6H2,1-2H3,(H,16,17). The minimum Gasteiger partial charge on any atom is -0.490 e. The number of ether oxygens (including phenoxy) is 2. The smallest absolute Gasteiger partial charge is 0.224 e. The molecule has 5 heteroatoms. The van der Waals surface area contributed by atoms with E-state index in [9.17, 15) is 4.79 Å². The summed E-state index contributed by atoms with van der Waals surface area (Å²) in [5.41, 5.74) is 0.566. The number of benzene rings is 1. The van der Waals surface area contributed by atoms with Crippen LogP contribution < -0.4 is 14.8 Å². The van der Waals surface area contributed by atoms with E-state index in [-0.39, 0.29) is 5.91 Å². The molecule has 0 spiro atoms. The molecule has 1 N–H and O–H groups in total. The van der Waals surface area contributed by atoms with Crippen molar-refractivity contribution in [3.63, 3.8) is 0 Å². The molecule has 4 nitrogen and oxygen atoms in total. The highest BCUT2D eigenvalue weighted by molar-refractivity contribution is 6.34. The largest absolute Gasteiger partial charge is 0.490 e. The molecular weight excluding hydrogens is 266 g/mol. The molecule has 0 aliphatic carbocycles. The van der Waals surface area contributed by atoms with E-state index in [0.29, 0.717) is 47.8 Å². The van der Waals surface area contributed by atoms with E-state index >= 15 is 0 Å². The first-order valence-electron chi connectivity index (χ1n) is 6.45. The van der Waals surface area contributed by atoms with Crippen molar-refractivity contribution < 1.29 is 14.3 Å². The highest BCUT2D eigenvalue weighted by Gasteiger charge is 2.15. The van der Waals surface area contributed by atoms with Crippen molar-refractivity contribution in [3.8, 4) is 11.5 Å². The quantitative estimate of drug-likeness (QED) is 0.924. The van der Waals surface area contributed by atoms with Gasteiger partial charge < -0.3 is 14.8 Å². The van der Waals surface area contributed by atoms with Gasteiger partial charge in [-0.1, -0.05) is 25.4 Å². The topological polar surface area (TPSA) is 47.6 Å². The number of rotatable bonds is 3. The van der Waals surface area contributed by atoms with Gasteiger partial charge in [-0.3, -0.25) is 4.79 Å². The number of anilines is 1. The van der Waals surface area contributed by atoms with Gasteiger partial charge in [-0.05, 0) is 5.92 Å². The lowest BCUT2D eigenvalue weighted by Gasteiger charge is -2.13. The van der Waals surface area contributed by atoms with E-state index in [4.69, 9.17) is 21.1 Å². The second-order valence-corrected chi connectivity index (χ2v) is 5.38. The van der Waals surface area contributed by atoms with Crippen LogP contribution in [0.4, 0.5) is 5.69 Å². The Kier molecular flexibility index (Phi) is 4.53. The SMILES string of the molecule is CC(C)CC(=O)Nc1cc2c(cc1Cl)OCCCO2. The van der Waals surface area contributed by atoms with Gasteiger partial charge in [-0.15, -0.1) is 0 Å². The lowest BCUT2D eigenvalue weighted by Crippen LogP contribution is -2.14. The summed E-state index contributed by atoms with van der Waals surface area (Å²) in [7, 11) is 0. The fraction of sp³-hybridized carbons (Fsp3) is 0.500. The minimum absolute atomic E-state index is 0.0496. The Morgan fingerprint density at radius 3 is 2.58 bits per heavy atom. The second kappa shape index (κ2) is 6.15. The Labute approximate surface area is 118 Å². The van der Waals surface area contributed by atoms with Crippen LogP contribution >= 0.6 is 11.6 Å². The highest BCUT2D eigenvalue weighted by atomic mass is 35.5. The highest BCUT2D eigenvalue weighted by Crippen LogP contribution is 2.37. The van der Waals surface area contributed by atoms with E-state index in [1.807, 2.05) is 13.8 Å². The molecule has 0 saturated carbocycles. The number of nitrogens with one attached hydrogen (secondary N) is 1. The van der Waals surface area contributed by atoms with Crippen LogP contribution in [-0.2, 0) is 4.79 Å². The Morgan fingerprint density at radius 2 is 1.95 bits per heavy atom. The molecule has 1 aromatic carbocycles. The maximum absolute atomic E-state index is 11.8. The van der Waals surface area contributed by atoms with Crippen LogP contribution in [0.15, 0.2) is 12.1 Å². The molecule has 1 amide bonds. The van der Waals surface area contributed by atoms with Crippen LogP contribution in [0.2, 0.25) is 5.02 Å². The van der Waals surface area contributed by atoms with Crippen molar-refractivity contribution in [1.29, 1.82) is 0 Å². The molecule has 0 aromatic heterocycles. The number of carbonyl (C=O) groups is 1. The van der Waals surface area contributed by atoms with Gasteiger partial charge in [0.05, 0.1) is 23.9 Å². The predicted molar refractivity (Wildman–Crippen MR) is 75.1 cm³/mol. The zero-order chi connectivity index (χ0) is 13.8. The van der Waals surface area contributed by atoms with Gasteiger partial charge in [0.15, 0.2) is 11.5 Å². The monoisotopic (exact) mass is 283 g/mol. The first kappa shape index (κ1) is 14.0. The first-order valence-corrected chi connectivity index (χ1v) is 6.83. The van der Waals surface area contributed by atoms with Crippen molar-refractivity contribution >= 4 is 23.2 Å². The van der Waals surface area contributed by atoms with Gasteiger partial charge in [0.1, 0.15) is 0 Å². The summed E-state index contributed by atoms with van der Waals surface area (Å²) in [5, 5.41) is 3.27. The van der Waals surface area contributed by atoms with Crippen LogP contribution in [0, 0.1) is 5.92 Å². The zero-order valence-corrected chi connectivity index (χ0v) is 11.9. The van der Waals surface area contributed by atoms with Crippen molar-refractivity contribution in [2.75, 3.05) is 18.5 Å². The molecule has 1 aliphatic rings. The summed E-state index contributed by atoms with van der Waals surface area (Å²) in [6.45, 7) is 5.21. The van der Waals surface area contributed by atoms with E-state index in [1.54, 1.807) is 12.1 Å². The van der Waals surface area contributed by atoms with Crippen LogP contribution in [0.1, 0.15) is 26.7 Å². The van der Waals surface area contributed by atoms with Crippen LogP contribution in [0.5, 0.6) is 11.5 Å². The Balaban J connectivity index is 2.17. The Bertz CT molecular complexity index is 474. The maximum Gasteiger partial charge on any atom is 0.224 e. The van der Waals surface area contributed by atoms with Gasteiger partial charge in [-0.2, -0.15) is 0 Å². The van der Waals surface area contributed by atoms with Crippen molar-refractivity contribution in [2.24, 2.45) is 5.92 Å². The van der Waals surface area contributed by atoms with Crippen LogP contribution in [0.25, 0.3) is 0 Å². The molecule has 1 aromatic rings.